The smallest absolute Gasteiger partial charge is 0.0622 e. The zero-order valence-corrected chi connectivity index (χ0v) is 23.1. The van der Waals surface area contributed by atoms with E-state index in [4.69, 9.17) is 0 Å². The molecular weight excluding hydrogens is 472 g/mol. The van der Waals surface area contributed by atoms with Crippen molar-refractivity contribution >= 4 is 29.2 Å². The molecule has 0 unspecified atom stereocenters. The molecule has 0 nitrogen and oxygen atoms in total. The second-order valence-electron chi connectivity index (χ2n) is 10.9. The van der Waals surface area contributed by atoms with Crippen molar-refractivity contribution in [3.63, 3.8) is 0 Å². The third-order valence-corrected chi connectivity index (χ3v) is 11.9. The molecule has 0 atom stereocenters. The Morgan fingerprint density at radius 2 is 0.947 bits per heavy atom. The van der Waals surface area contributed by atoms with Crippen LogP contribution in [0.15, 0.2) is 127 Å². The predicted molar refractivity (Wildman–Crippen MR) is 167 cm³/mol. The summed E-state index contributed by atoms with van der Waals surface area (Å²) in [6.07, 6.45) is 0. The van der Waals surface area contributed by atoms with Crippen LogP contribution in [0.5, 0.6) is 0 Å². The quantitative estimate of drug-likeness (QED) is 0.212. The molecule has 0 aromatic heterocycles. The molecule has 0 amide bonds. The van der Waals surface area contributed by atoms with Gasteiger partial charge in [-0.15, -0.1) is 0 Å². The minimum Gasteiger partial charge on any atom is -0.0622 e. The fraction of sp³-hybridized carbons (Fsp3) is 0.0811. The Labute approximate surface area is 226 Å². The van der Waals surface area contributed by atoms with Gasteiger partial charge >= 0.3 is 0 Å². The Kier molecular flexibility index (Phi) is 5.24. The lowest BCUT2D eigenvalue weighted by Crippen LogP contribution is -2.57. The van der Waals surface area contributed by atoms with Crippen molar-refractivity contribution in [3.8, 4) is 44.5 Å². The van der Waals surface area contributed by atoms with Gasteiger partial charge in [0.1, 0.15) is 8.07 Å². The Morgan fingerprint density at radius 1 is 0.447 bits per heavy atom. The molecule has 0 N–H and O–H groups in total. The lowest BCUT2D eigenvalue weighted by Gasteiger charge is -2.38. The first-order valence-corrected chi connectivity index (χ1v) is 16.5. The van der Waals surface area contributed by atoms with Gasteiger partial charge in [0.2, 0.25) is 0 Å². The Hall–Kier alpha value is -4.20. The number of hydrogen-bond acceptors (Lipinski definition) is 0. The van der Waals surface area contributed by atoms with Crippen LogP contribution in [0.3, 0.4) is 0 Å². The highest BCUT2D eigenvalue weighted by molar-refractivity contribution is 7.04. The molecule has 0 saturated carbocycles. The molecule has 38 heavy (non-hydrogen) atoms. The second kappa shape index (κ2) is 8.68. The molecular formula is C37H30Si. The predicted octanol–water partition coefficient (Wildman–Crippen LogP) is 8.95. The van der Waals surface area contributed by atoms with E-state index in [0.29, 0.717) is 0 Å². The van der Waals surface area contributed by atoms with Crippen molar-refractivity contribution in [1.82, 2.24) is 0 Å². The van der Waals surface area contributed by atoms with Crippen molar-refractivity contribution in [1.29, 1.82) is 0 Å². The highest BCUT2D eigenvalue weighted by Gasteiger charge is 2.40. The van der Waals surface area contributed by atoms with Crippen LogP contribution in [-0.2, 0) is 0 Å². The summed E-state index contributed by atoms with van der Waals surface area (Å²) in [5.74, 6) is 0. The SMILES string of the molecule is Cc1c(-c2ccccc2)c(-c2ccccc2)c(-c2ccccc2)c2c1-c1cccc3cccc(c13)[Si]2(C)C. The Balaban J connectivity index is 1.77. The lowest BCUT2D eigenvalue weighted by atomic mass is 9.80. The van der Waals surface area contributed by atoms with Crippen LogP contribution >= 0.6 is 0 Å². The van der Waals surface area contributed by atoms with Crippen LogP contribution in [0.2, 0.25) is 13.1 Å². The molecule has 6 aromatic carbocycles. The highest BCUT2D eigenvalue weighted by atomic mass is 28.3. The summed E-state index contributed by atoms with van der Waals surface area (Å²) in [7, 11) is -2.11. The summed E-state index contributed by atoms with van der Waals surface area (Å²) >= 11 is 0. The van der Waals surface area contributed by atoms with Gasteiger partial charge in [-0.25, -0.2) is 0 Å². The van der Waals surface area contributed by atoms with E-state index in [1.807, 2.05) is 0 Å². The number of benzene rings is 6. The van der Waals surface area contributed by atoms with Crippen molar-refractivity contribution in [3.05, 3.63) is 133 Å². The van der Waals surface area contributed by atoms with Gasteiger partial charge in [-0.3, -0.25) is 0 Å². The molecule has 0 saturated heterocycles. The fourth-order valence-electron chi connectivity index (χ4n) is 6.79. The average Bonchev–Trinajstić information content (AvgIpc) is 2.96. The summed E-state index contributed by atoms with van der Waals surface area (Å²) in [6.45, 7) is 7.47. The van der Waals surface area contributed by atoms with E-state index in [9.17, 15) is 0 Å². The van der Waals surface area contributed by atoms with Gasteiger partial charge in [0, 0.05) is 0 Å². The zero-order chi connectivity index (χ0) is 25.9. The van der Waals surface area contributed by atoms with E-state index >= 15 is 0 Å². The minimum absolute atomic E-state index is 1.27. The normalized spacial score (nSPS) is 13.3. The van der Waals surface area contributed by atoms with E-state index in [1.54, 1.807) is 10.4 Å². The molecule has 1 aliphatic heterocycles. The van der Waals surface area contributed by atoms with Gasteiger partial charge in [-0.05, 0) is 78.1 Å². The third kappa shape index (κ3) is 3.29. The zero-order valence-electron chi connectivity index (χ0n) is 22.1. The van der Waals surface area contributed by atoms with Crippen LogP contribution in [0.4, 0.5) is 0 Å². The molecule has 0 radical (unpaired) electrons. The molecule has 0 fully saturated rings. The monoisotopic (exact) mass is 502 g/mol. The Bertz CT molecular complexity index is 1810. The number of rotatable bonds is 3. The molecule has 7 rings (SSSR count). The first kappa shape index (κ1) is 23.0. The minimum atomic E-state index is -2.11. The van der Waals surface area contributed by atoms with Crippen molar-refractivity contribution < 1.29 is 0 Å². The molecule has 0 bridgehead atoms. The van der Waals surface area contributed by atoms with Crippen LogP contribution in [0.25, 0.3) is 55.3 Å². The highest BCUT2D eigenvalue weighted by Crippen LogP contribution is 2.48. The molecule has 1 aliphatic rings. The molecule has 1 heterocycles. The molecule has 182 valence electrons. The summed E-state index contributed by atoms with van der Waals surface area (Å²) in [5.41, 5.74) is 12.2. The lowest BCUT2D eigenvalue weighted by molar-refractivity contribution is 1.45. The molecule has 6 aromatic rings. The molecule has 0 aliphatic carbocycles. The van der Waals surface area contributed by atoms with Gasteiger partial charge < -0.3 is 0 Å². The van der Waals surface area contributed by atoms with Crippen LogP contribution < -0.4 is 10.4 Å². The first-order chi connectivity index (χ1) is 18.6. The van der Waals surface area contributed by atoms with Gasteiger partial charge in [-0.1, -0.05) is 140 Å². The topological polar surface area (TPSA) is 0 Å². The van der Waals surface area contributed by atoms with Crippen LogP contribution in [-0.4, -0.2) is 8.07 Å². The van der Waals surface area contributed by atoms with E-state index < -0.39 is 8.07 Å². The van der Waals surface area contributed by atoms with Gasteiger partial charge in [0.05, 0.1) is 0 Å². The largest absolute Gasteiger partial charge is 0.114 e. The van der Waals surface area contributed by atoms with Gasteiger partial charge in [-0.2, -0.15) is 0 Å². The summed E-state index contributed by atoms with van der Waals surface area (Å²) in [6, 6.07) is 46.9. The van der Waals surface area contributed by atoms with Crippen LogP contribution in [0, 0.1) is 6.92 Å². The maximum absolute atomic E-state index is 2.55. The van der Waals surface area contributed by atoms with Crippen molar-refractivity contribution in [2.24, 2.45) is 0 Å². The van der Waals surface area contributed by atoms with E-state index in [-0.39, 0.29) is 0 Å². The maximum Gasteiger partial charge on any atom is 0.114 e. The Morgan fingerprint density at radius 3 is 1.53 bits per heavy atom. The summed E-state index contributed by atoms with van der Waals surface area (Å²) in [5, 5.41) is 5.90. The van der Waals surface area contributed by atoms with E-state index in [2.05, 4.69) is 147 Å². The average molecular weight is 503 g/mol. The first-order valence-electron chi connectivity index (χ1n) is 13.5. The third-order valence-electron chi connectivity index (χ3n) is 8.41. The number of fused-ring (bicyclic) bond motifs is 2. The van der Waals surface area contributed by atoms with Gasteiger partial charge in [0.15, 0.2) is 0 Å². The van der Waals surface area contributed by atoms with E-state index in [1.165, 1.54) is 60.8 Å². The summed E-state index contributed by atoms with van der Waals surface area (Å²) < 4.78 is 0. The van der Waals surface area contributed by atoms with Gasteiger partial charge in [0.25, 0.3) is 0 Å². The second-order valence-corrected chi connectivity index (χ2v) is 15.2. The fourth-order valence-corrected chi connectivity index (χ4v) is 10.3. The summed E-state index contributed by atoms with van der Waals surface area (Å²) in [4.78, 5) is 0. The number of hydrogen-bond donors (Lipinski definition) is 0. The van der Waals surface area contributed by atoms with Crippen LogP contribution in [0.1, 0.15) is 5.56 Å². The maximum atomic E-state index is 2.55. The van der Waals surface area contributed by atoms with Crippen molar-refractivity contribution in [2.75, 3.05) is 0 Å². The van der Waals surface area contributed by atoms with E-state index in [0.717, 1.165) is 0 Å². The standard InChI is InChI=1S/C37H30Si/c1-25-32(26-15-7-4-8-16-26)35(28-17-9-5-10-18-28)36(29-19-11-6-12-20-29)37-33(25)30-23-13-21-27-22-14-24-31(34(27)30)38(37,2)3/h4-24H,1-3H3. The molecule has 0 spiro atoms. The molecule has 1 heteroatoms. The van der Waals surface area contributed by atoms with Crippen molar-refractivity contribution in [2.45, 2.75) is 20.0 Å².